The summed E-state index contributed by atoms with van der Waals surface area (Å²) in [7, 11) is 0. The summed E-state index contributed by atoms with van der Waals surface area (Å²) < 4.78 is 57.8. The van der Waals surface area contributed by atoms with Gasteiger partial charge in [0.15, 0.2) is 11.5 Å². The van der Waals surface area contributed by atoms with Crippen LogP contribution in [0.5, 0.6) is 17.2 Å². The number of benzene rings is 4. The number of unbranched alkanes of at least 4 members (excludes halogenated alkanes) is 3. The number of rotatable bonds is 22. The van der Waals surface area contributed by atoms with Crippen LogP contribution in [0, 0.1) is 12.3 Å². The number of aromatic nitrogens is 1. The molecule has 0 saturated carbocycles. The summed E-state index contributed by atoms with van der Waals surface area (Å²) in [5, 5.41) is 18.4. The summed E-state index contributed by atoms with van der Waals surface area (Å²) in [6, 6.07) is 27.6. The molecule has 0 spiro atoms. The summed E-state index contributed by atoms with van der Waals surface area (Å²) in [5.41, 5.74) is 0.384. The number of terminal acetylenes is 1. The molecule has 0 aliphatic heterocycles. The minimum Gasteiger partial charge on any atom is -0.491 e. The van der Waals surface area contributed by atoms with Gasteiger partial charge >= 0.3 is 12.1 Å². The number of nitrogens with zero attached hydrogens (tertiary/aromatic N) is 2. The smallest absolute Gasteiger partial charge is 0.416 e. The summed E-state index contributed by atoms with van der Waals surface area (Å²) in [4.78, 5) is 52.6. The van der Waals surface area contributed by atoms with Gasteiger partial charge < -0.3 is 34.6 Å². The van der Waals surface area contributed by atoms with Crippen LogP contribution in [-0.2, 0) is 33.6 Å². The minimum atomic E-state index is -4.63. The van der Waals surface area contributed by atoms with Gasteiger partial charge in [-0.3, -0.25) is 14.4 Å². The molecular formula is C46H45F3N4O8. The highest BCUT2D eigenvalue weighted by molar-refractivity contribution is 5.88. The molecule has 1 aromatic heterocycles. The van der Waals surface area contributed by atoms with Gasteiger partial charge in [-0.15, -0.1) is 12.3 Å². The van der Waals surface area contributed by atoms with E-state index in [-0.39, 0.29) is 67.6 Å². The van der Waals surface area contributed by atoms with Gasteiger partial charge in [-0.05, 0) is 91.1 Å². The third kappa shape index (κ3) is 14.3. The quantitative estimate of drug-likeness (QED) is 0.0459. The van der Waals surface area contributed by atoms with Gasteiger partial charge in [-0.2, -0.15) is 13.2 Å². The summed E-state index contributed by atoms with van der Waals surface area (Å²) in [5.74, 6) is 1.87. The molecule has 5 rings (SSSR count). The number of carbonyl (C=O) groups excluding carboxylic acids is 3. The fourth-order valence-electron chi connectivity index (χ4n) is 6.12. The number of aromatic carboxylic acids is 1. The Hall–Kier alpha value is -7.08. The molecule has 0 fully saturated rings. The Balaban J connectivity index is 1.19. The van der Waals surface area contributed by atoms with Crippen LogP contribution < -0.4 is 20.1 Å². The second-order valence-corrected chi connectivity index (χ2v) is 13.9. The molecule has 318 valence electrons. The first kappa shape index (κ1) is 45.0. The van der Waals surface area contributed by atoms with E-state index in [2.05, 4.69) is 21.7 Å². The lowest BCUT2D eigenvalue weighted by Crippen LogP contribution is -2.52. The van der Waals surface area contributed by atoms with Gasteiger partial charge in [0.1, 0.15) is 29.9 Å². The molecule has 1 unspecified atom stereocenters. The van der Waals surface area contributed by atoms with Crippen molar-refractivity contribution in [3.8, 4) is 40.9 Å². The monoisotopic (exact) mass is 838 g/mol. The second-order valence-electron chi connectivity index (χ2n) is 13.9. The van der Waals surface area contributed by atoms with Gasteiger partial charge in [0.05, 0.1) is 5.56 Å². The zero-order chi connectivity index (χ0) is 43.6. The van der Waals surface area contributed by atoms with Gasteiger partial charge in [0, 0.05) is 50.5 Å². The van der Waals surface area contributed by atoms with E-state index in [1.165, 1.54) is 23.1 Å². The number of alkyl halides is 3. The first-order chi connectivity index (χ1) is 29.4. The highest BCUT2D eigenvalue weighted by Gasteiger charge is 2.33. The van der Waals surface area contributed by atoms with Crippen LogP contribution in [0.4, 0.5) is 13.2 Å². The molecule has 0 saturated heterocycles. The highest BCUT2D eigenvalue weighted by atomic mass is 19.4. The number of amides is 3. The Labute approximate surface area is 351 Å². The minimum absolute atomic E-state index is 0.0623. The standard InChI is InChI=1S/C46H45F3N4O8/c1-2-3-6-17-43(55)53(30-33-12-11-13-35(27-33)46(47,48)49)40(31-59-36-24-20-34(21-25-36)41-28-39(45(57)58)52-61-41)44(56)50-26-10-5-9-16-42(54)51-29-32-18-22-38(23-19-32)60-37-14-7-4-8-15-37/h1,4,7-8,11-15,18-25,27-28,40H,3,5-6,9-10,16-17,26,29-31H2,(H,50,56)(H,51,54)(H,57,58). The number of carbonyl (C=O) groups is 4. The number of hydrogen-bond acceptors (Lipinski definition) is 8. The second kappa shape index (κ2) is 22.3. The van der Waals surface area contributed by atoms with Crippen molar-refractivity contribution in [3.05, 3.63) is 132 Å². The van der Waals surface area contributed by atoms with Crippen LogP contribution in [0.15, 0.2) is 114 Å². The average molecular weight is 839 g/mol. The van der Waals surface area contributed by atoms with Crippen molar-refractivity contribution in [1.82, 2.24) is 20.7 Å². The molecule has 1 heterocycles. The number of para-hydroxylation sites is 1. The number of nitrogens with one attached hydrogen (secondary N) is 2. The molecule has 1 atom stereocenters. The molecule has 0 bridgehead atoms. The Bertz CT molecular complexity index is 2260. The number of carboxylic acid groups (broad SMARTS) is 1. The van der Waals surface area contributed by atoms with Crippen molar-refractivity contribution in [2.45, 2.75) is 70.3 Å². The normalized spacial score (nSPS) is 11.5. The van der Waals surface area contributed by atoms with Gasteiger partial charge in [-0.1, -0.05) is 54.0 Å². The molecule has 0 aliphatic rings. The molecular weight excluding hydrogens is 794 g/mol. The predicted octanol–water partition coefficient (Wildman–Crippen LogP) is 8.42. The molecule has 12 nitrogen and oxygen atoms in total. The predicted molar refractivity (Wildman–Crippen MR) is 219 cm³/mol. The Kier molecular flexibility index (Phi) is 16.5. The lowest BCUT2D eigenvalue weighted by Gasteiger charge is -2.31. The summed E-state index contributed by atoms with van der Waals surface area (Å²) in [6.07, 6.45) is 3.20. The topological polar surface area (TPSA) is 160 Å². The number of halogens is 3. The Morgan fingerprint density at radius 3 is 2.21 bits per heavy atom. The van der Waals surface area contributed by atoms with Crippen molar-refractivity contribution < 1.29 is 51.5 Å². The molecule has 0 aliphatic carbocycles. The molecule has 3 N–H and O–H groups in total. The molecule has 3 amide bonds. The third-order valence-electron chi connectivity index (χ3n) is 9.37. The van der Waals surface area contributed by atoms with Gasteiger partial charge in [0.2, 0.25) is 17.7 Å². The molecule has 5 aromatic rings. The number of carboxylic acids is 1. The van der Waals surface area contributed by atoms with Crippen molar-refractivity contribution in [3.63, 3.8) is 0 Å². The van der Waals surface area contributed by atoms with Crippen LogP contribution in [0.25, 0.3) is 11.3 Å². The third-order valence-corrected chi connectivity index (χ3v) is 9.37. The van der Waals surface area contributed by atoms with E-state index in [4.69, 9.17) is 25.5 Å². The maximum Gasteiger partial charge on any atom is 0.416 e. The van der Waals surface area contributed by atoms with Crippen LogP contribution >= 0.6 is 0 Å². The van der Waals surface area contributed by atoms with Crippen LogP contribution in [0.2, 0.25) is 0 Å². The van der Waals surface area contributed by atoms with E-state index in [1.807, 2.05) is 54.6 Å². The van der Waals surface area contributed by atoms with Gasteiger partial charge in [-0.25, -0.2) is 4.79 Å². The Morgan fingerprint density at radius 1 is 0.803 bits per heavy atom. The molecule has 15 heteroatoms. The first-order valence-electron chi connectivity index (χ1n) is 19.6. The number of ether oxygens (including phenoxy) is 2. The zero-order valence-electron chi connectivity index (χ0n) is 33.2. The highest BCUT2D eigenvalue weighted by Crippen LogP contribution is 2.30. The SMILES string of the molecule is C#CCCCC(=O)N(Cc1cccc(C(F)(F)F)c1)C(COc1ccc(-c2cc(C(=O)O)no2)cc1)C(=O)NCCCCCC(=O)NCc1ccc(Oc2ccccc2)cc1. The van der Waals surface area contributed by atoms with Crippen molar-refractivity contribution in [1.29, 1.82) is 0 Å². The lowest BCUT2D eigenvalue weighted by molar-refractivity contribution is -0.142. The van der Waals surface area contributed by atoms with E-state index in [0.29, 0.717) is 43.5 Å². The van der Waals surface area contributed by atoms with Crippen LogP contribution in [0.3, 0.4) is 0 Å². The fourth-order valence-corrected chi connectivity index (χ4v) is 6.12. The van der Waals surface area contributed by atoms with E-state index in [9.17, 15) is 32.3 Å². The summed E-state index contributed by atoms with van der Waals surface area (Å²) in [6.45, 7) is -0.139. The largest absolute Gasteiger partial charge is 0.491 e. The first-order valence-corrected chi connectivity index (χ1v) is 19.6. The maximum atomic E-state index is 13.9. The zero-order valence-corrected chi connectivity index (χ0v) is 33.2. The van der Waals surface area contributed by atoms with E-state index < -0.39 is 35.6 Å². The van der Waals surface area contributed by atoms with E-state index >= 15 is 0 Å². The van der Waals surface area contributed by atoms with E-state index in [0.717, 1.165) is 23.4 Å². The van der Waals surface area contributed by atoms with Crippen molar-refractivity contribution >= 4 is 23.7 Å². The van der Waals surface area contributed by atoms with Gasteiger partial charge in [0.25, 0.3) is 0 Å². The Morgan fingerprint density at radius 2 is 1.52 bits per heavy atom. The average Bonchev–Trinajstić information content (AvgIpc) is 3.76. The van der Waals surface area contributed by atoms with Crippen LogP contribution in [0.1, 0.15) is 72.1 Å². The van der Waals surface area contributed by atoms with Crippen LogP contribution in [-0.4, -0.2) is 58.0 Å². The van der Waals surface area contributed by atoms with Crippen molar-refractivity contribution in [2.24, 2.45) is 0 Å². The fraction of sp³-hybridized carbons (Fsp3) is 0.283. The van der Waals surface area contributed by atoms with E-state index in [1.54, 1.807) is 24.3 Å². The number of hydrogen-bond donors (Lipinski definition) is 3. The molecule has 0 radical (unpaired) electrons. The summed E-state index contributed by atoms with van der Waals surface area (Å²) >= 11 is 0. The lowest BCUT2D eigenvalue weighted by atomic mass is 10.1. The van der Waals surface area contributed by atoms with Crippen molar-refractivity contribution in [2.75, 3.05) is 13.2 Å². The molecule has 61 heavy (non-hydrogen) atoms. The molecule has 4 aromatic carbocycles. The maximum absolute atomic E-state index is 13.9.